The Morgan fingerprint density at radius 1 is 1.23 bits per heavy atom. The first-order valence-electron chi connectivity index (χ1n) is 11.9. The third kappa shape index (κ3) is 6.25. The van der Waals surface area contributed by atoms with E-state index in [1.54, 1.807) is 58.2 Å². The zero-order valence-corrected chi connectivity index (χ0v) is 23.3. The van der Waals surface area contributed by atoms with Crippen LogP contribution in [0.1, 0.15) is 32.4 Å². The first-order valence-corrected chi connectivity index (χ1v) is 13.9. The number of aliphatic hydroxyl groups is 1. The summed E-state index contributed by atoms with van der Waals surface area (Å²) in [6.07, 6.45) is -1.45. The highest BCUT2D eigenvalue weighted by Gasteiger charge is 2.54. The van der Waals surface area contributed by atoms with Crippen molar-refractivity contribution in [3.63, 3.8) is 0 Å². The van der Waals surface area contributed by atoms with Gasteiger partial charge in [0.1, 0.15) is 17.1 Å². The van der Waals surface area contributed by atoms with E-state index < -0.39 is 53.5 Å². The van der Waals surface area contributed by atoms with E-state index in [9.17, 15) is 24.3 Å². The molecule has 0 bridgehead atoms. The lowest BCUT2D eigenvalue weighted by Gasteiger charge is -2.49. The molecule has 1 aromatic heterocycles. The van der Waals surface area contributed by atoms with Gasteiger partial charge in [-0.2, -0.15) is 0 Å². The molecular formula is C24H28N6O7S2. The Kier molecular flexibility index (Phi) is 8.61. The second-order valence-corrected chi connectivity index (χ2v) is 11.8. The van der Waals surface area contributed by atoms with Gasteiger partial charge in [-0.1, -0.05) is 42.1 Å². The zero-order valence-electron chi connectivity index (χ0n) is 21.7. The van der Waals surface area contributed by atoms with Gasteiger partial charge in [0.15, 0.2) is 6.10 Å². The molecule has 2 N–H and O–H groups in total. The first-order chi connectivity index (χ1) is 18.5. The number of carbonyl (C=O) groups excluding carboxylic acids is 4. The highest BCUT2D eigenvalue weighted by atomic mass is 32.2. The Morgan fingerprint density at radius 3 is 2.59 bits per heavy atom. The minimum absolute atomic E-state index is 0.0206. The normalized spacial score (nSPS) is 19.6. The molecule has 3 atom stereocenters. The van der Waals surface area contributed by atoms with Crippen molar-refractivity contribution < 1.29 is 33.8 Å². The number of thioether (sulfide) groups is 2. The molecule has 2 aliphatic heterocycles. The lowest BCUT2D eigenvalue weighted by atomic mass is 9.98. The molecule has 2 aliphatic rings. The number of tetrazole rings is 1. The number of carbonyl (C=O) groups is 4. The summed E-state index contributed by atoms with van der Waals surface area (Å²) in [6.45, 7) is 4.39. The summed E-state index contributed by atoms with van der Waals surface area (Å²) in [5.74, 6) is -2.00. The molecule has 1 saturated heterocycles. The maximum absolute atomic E-state index is 13.2. The molecule has 2 amide bonds. The molecule has 0 saturated carbocycles. The third-order valence-electron chi connectivity index (χ3n) is 5.85. The Balaban J connectivity index is 1.49. The highest BCUT2D eigenvalue weighted by molar-refractivity contribution is 8.01. The number of β-lactam (4-membered cyclic amide) rings is 1. The van der Waals surface area contributed by atoms with Gasteiger partial charge in [-0.25, -0.2) is 9.48 Å². The van der Waals surface area contributed by atoms with Crippen molar-refractivity contribution >= 4 is 47.3 Å². The van der Waals surface area contributed by atoms with E-state index in [-0.39, 0.29) is 11.4 Å². The summed E-state index contributed by atoms with van der Waals surface area (Å²) >= 11 is 2.64. The summed E-state index contributed by atoms with van der Waals surface area (Å²) in [4.78, 5) is 52.4. The molecule has 0 unspecified atom stereocenters. The number of esters is 2. The Morgan fingerprint density at radius 2 is 1.95 bits per heavy atom. The van der Waals surface area contributed by atoms with Crippen LogP contribution >= 0.6 is 23.5 Å². The number of rotatable bonds is 9. The fourth-order valence-corrected chi connectivity index (χ4v) is 6.05. The van der Waals surface area contributed by atoms with E-state index in [4.69, 9.17) is 9.47 Å². The van der Waals surface area contributed by atoms with Crippen molar-refractivity contribution in [1.82, 2.24) is 30.4 Å². The van der Waals surface area contributed by atoms with Crippen LogP contribution in [0.5, 0.6) is 0 Å². The second kappa shape index (κ2) is 11.8. The van der Waals surface area contributed by atoms with Gasteiger partial charge in [0.05, 0.1) is 5.41 Å². The lowest BCUT2D eigenvalue weighted by Crippen LogP contribution is -2.71. The van der Waals surface area contributed by atoms with Crippen LogP contribution in [-0.4, -0.2) is 83.7 Å². The van der Waals surface area contributed by atoms with E-state index in [0.29, 0.717) is 22.0 Å². The number of hydrogen-bond donors (Lipinski definition) is 2. The van der Waals surface area contributed by atoms with Crippen LogP contribution in [-0.2, 0) is 35.7 Å². The van der Waals surface area contributed by atoms with Gasteiger partial charge in [-0.15, -0.1) is 16.9 Å². The fraction of sp³-hybridized carbons (Fsp3) is 0.458. The van der Waals surface area contributed by atoms with Crippen molar-refractivity contribution in [3.8, 4) is 0 Å². The maximum atomic E-state index is 13.2. The lowest BCUT2D eigenvalue weighted by molar-refractivity contribution is -0.173. The van der Waals surface area contributed by atoms with E-state index in [1.807, 2.05) is 0 Å². The Bertz CT molecular complexity index is 1290. The number of hydrogen-bond acceptors (Lipinski definition) is 12. The monoisotopic (exact) mass is 576 g/mol. The van der Waals surface area contributed by atoms with Gasteiger partial charge in [-0.3, -0.25) is 19.3 Å². The van der Waals surface area contributed by atoms with E-state index in [0.717, 1.165) is 0 Å². The summed E-state index contributed by atoms with van der Waals surface area (Å²) in [5, 5.41) is 24.2. The van der Waals surface area contributed by atoms with Crippen LogP contribution in [0.25, 0.3) is 0 Å². The number of benzene rings is 1. The molecule has 1 aromatic carbocycles. The molecular weight excluding hydrogens is 548 g/mol. The van der Waals surface area contributed by atoms with Crippen LogP contribution < -0.4 is 5.32 Å². The Hall–Kier alpha value is -3.43. The molecule has 0 radical (unpaired) electrons. The largest absolute Gasteiger partial charge is 0.427 e. The predicted octanol–water partition coefficient (Wildman–Crippen LogP) is 0.780. The molecule has 0 spiro atoms. The summed E-state index contributed by atoms with van der Waals surface area (Å²) < 4.78 is 11.8. The van der Waals surface area contributed by atoms with Crippen LogP contribution in [0.3, 0.4) is 0 Å². The van der Waals surface area contributed by atoms with Crippen molar-refractivity contribution in [2.75, 3.05) is 18.3 Å². The van der Waals surface area contributed by atoms with Gasteiger partial charge in [0, 0.05) is 18.6 Å². The summed E-state index contributed by atoms with van der Waals surface area (Å²) in [5.41, 5.74) is 0.223. The highest BCUT2D eigenvalue weighted by Crippen LogP contribution is 2.42. The van der Waals surface area contributed by atoms with Crippen molar-refractivity contribution in [1.29, 1.82) is 0 Å². The number of aryl methyl sites for hydroxylation is 1. The molecule has 13 nitrogen and oxygen atoms in total. The number of aromatic nitrogens is 4. The van der Waals surface area contributed by atoms with Crippen molar-refractivity contribution in [3.05, 3.63) is 47.2 Å². The molecule has 0 aliphatic carbocycles. The minimum Gasteiger partial charge on any atom is -0.427 e. The van der Waals surface area contributed by atoms with Crippen molar-refractivity contribution in [2.24, 2.45) is 12.5 Å². The van der Waals surface area contributed by atoms with E-state index >= 15 is 0 Å². The smallest absolute Gasteiger partial charge is 0.357 e. The third-order valence-corrected chi connectivity index (χ3v) is 8.29. The Labute approximate surface area is 232 Å². The van der Waals surface area contributed by atoms with Gasteiger partial charge in [-0.05, 0) is 42.3 Å². The number of nitrogens with one attached hydrogen (secondary N) is 1. The topological polar surface area (TPSA) is 166 Å². The zero-order chi connectivity index (χ0) is 28.3. The van der Waals surface area contributed by atoms with Crippen LogP contribution in [0.15, 0.2) is 46.8 Å². The number of aliphatic hydroxyl groups excluding tert-OH is 1. The SMILES string of the molecule is Cn1nnnc1SCC1=C(C(=O)OCOC(=O)C(C)(C)C)N2C(=O)[C@@H](NC(=O)[C@H](O)c3ccccc3)[C@H]2SC1. The fourth-order valence-electron chi connectivity index (χ4n) is 3.72. The number of nitrogens with zero attached hydrogens (tertiary/aromatic N) is 5. The molecule has 39 heavy (non-hydrogen) atoms. The standard InChI is InChI=1S/C24H28N6O7S2/c1-24(2,3)22(35)37-12-36-21(34)16-14(11-39-23-26-27-28-29(23)4)10-38-20-15(19(33)30(16)20)25-18(32)17(31)13-8-6-5-7-9-13/h5-9,15,17,20,31H,10-12H2,1-4H3,(H,25,32)/t15-,17-,20-/m1/s1. The average molecular weight is 577 g/mol. The average Bonchev–Trinajstić information content (AvgIpc) is 3.33. The molecule has 208 valence electrons. The second-order valence-electron chi connectivity index (χ2n) is 9.77. The minimum atomic E-state index is -1.45. The van der Waals surface area contributed by atoms with Gasteiger partial charge < -0.3 is 19.9 Å². The first kappa shape index (κ1) is 28.6. The van der Waals surface area contributed by atoms with Gasteiger partial charge in [0.25, 0.3) is 11.8 Å². The van der Waals surface area contributed by atoms with Crippen LogP contribution in [0.2, 0.25) is 0 Å². The van der Waals surface area contributed by atoms with E-state index in [1.165, 1.54) is 33.1 Å². The summed E-state index contributed by atoms with van der Waals surface area (Å²) in [6, 6.07) is 7.41. The van der Waals surface area contributed by atoms with Gasteiger partial charge in [0.2, 0.25) is 11.9 Å². The number of ether oxygens (including phenoxy) is 2. The summed E-state index contributed by atoms with van der Waals surface area (Å²) in [7, 11) is 1.68. The molecule has 1 fully saturated rings. The molecule has 4 rings (SSSR count). The molecule has 2 aromatic rings. The van der Waals surface area contributed by atoms with Gasteiger partial charge >= 0.3 is 11.9 Å². The quantitative estimate of drug-likeness (QED) is 0.187. The number of fused-ring (bicyclic) bond motifs is 1. The predicted molar refractivity (Wildman–Crippen MR) is 139 cm³/mol. The maximum Gasteiger partial charge on any atom is 0.357 e. The van der Waals surface area contributed by atoms with Crippen molar-refractivity contribution in [2.45, 2.75) is 43.4 Å². The van der Waals surface area contributed by atoms with Crippen LogP contribution in [0.4, 0.5) is 0 Å². The van der Waals surface area contributed by atoms with E-state index in [2.05, 4.69) is 20.8 Å². The molecule has 3 heterocycles. The van der Waals surface area contributed by atoms with Crippen LogP contribution in [0, 0.1) is 5.41 Å². The molecule has 15 heteroatoms. The number of amides is 2.